The average Bonchev–Trinajstić information content (AvgIpc) is 2.69. The van der Waals surface area contributed by atoms with E-state index in [-0.39, 0.29) is 12.6 Å². The molecule has 0 saturated carbocycles. The molecule has 2 aromatic carbocycles. The van der Waals surface area contributed by atoms with Crippen LogP contribution in [-0.2, 0) is 11.3 Å². The Morgan fingerprint density at radius 1 is 1.12 bits per heavy atom. The lowest BCUT2D eigenvalue weighted by Gasteiger charge is -2.35. The number of hydrogen-bond donors (Lipinski definition) is 1. The maximum atomic E-state index is 13.8. The summed E-state index contributed by atoms with van der Waals surface area (Å²) in [6, 6.07) is 11.6. The van der Waals surface area contributed by atoms with Crippen molar-refractivity contribution in [2.24, 2.45) is 0 Å². The summed E-state index contributed by atoms with van der Waals surface area (Å²) in [5, 5.41) is 3.27. The highest BCUT2D eigenvalue weighted by Gasteiger charge is 2.22. The van der Waals surface area contributed by atoms with Gasteiger partial charge >= 0.3 is 0 Å². The second-order valence-corrected chi connectivity index (χ2v) is 6.30. The van der Waals surface area contributed by atoms with Crippen LogP contribution in [0.4, 0.5) is 8.78 Å². The molecule has 0 radical (unpaired) electrons. The second-order valence-electron chi connectivity index (χ2n) is 6.30. The fraction of sp³-hybridized carbons (Fsp3) is 0.400. The summed E-state index contributed by atoms with van der Waals surface area (Å²) in [7, 11) is 1.64. The summed E-state index contributed by atoms with van der Waals surface area (Å²) in [6.07, 6.45) is 0. The lowest BCUT2D eigenvalue weighted by atomic mass is 10.0. The smallest absolute Gasteiger partial charge is 0.127 e. The van der Waals surface area contributed by atoms with Gasteiger partial charge in [-0.25, -0.2) is 8.78 Å². The van der Waals surface area contributed by atoms with Crippen molar-refractivity contribution < 1.29 is 18.3 Å². The van der Waals surface area contributed by atoms with Crippen LogP contribution < -0.4 is 10.1 Å². The Morgan fingerprint density at radius 2 is 1.85 bits per heavy atom. The third-order valence-corrected chi connectivity index (χ3v) is 4.65. The molecule has 2 aromatic rings. The van der Waals surface area contributed by atoms with Crippen molar-refractivity contribution in [1.82, 2.24) is 10.2 Å². The first kappa shape index (κ1) is 18.8. The van der Waals surface area contributed by atoms with Crippen molar-refractivity contribution >= 4 is 0 Å². The fourth-order valence-electron chi connectivity index (χ4n) is 3.20. The molecule has 0 aliphatic carbocycles. The number of morpholine rings is 1. The maximum Gasteiger partial charge on any atom is 0.127 e. The third-order valence-electron chi connectivity index (χ3n) is 4.65. The van der Waals surface area contributed by atoms with Crippen molar-refractivity contribution in [2.75, 3.05) is 40.0 Å². The molecule has 26 heavy (non-hydrogen) atoms. The van der Waals surface area contributed by atoms with Gasteiger partial charge < -0.3 is 14.8 Å². The van der Waals surface area contributed by atoms with Crippen molar-refractivity contribution in [3.8, 4) is 5.75 Å². The molecule has 1 fully saturated rings. The average molecular weight is 362 g/mol. The van der Waals surface area contributed by atoms with Crippen LogP contribution in [0.2, 0.25) is 0 Å². The normalized spacial score (nSPS) is 16.4. The van der Waals surface area contributed by atoms with E-state index in [4.69, 9.17) is 9.47 Å². The summed E-state index contributed by atoms with van der Waals surface area (Å²) in [6.45, 7) is 3.98. The highest BCUT2D eigenvalue weighted by atomic mass is 19.1. The molecule has 1 atom stereocenters. The number of nitrogens with zero attached hydrogens (tertiary/aromatic N) is 1. The minimum atomic E-state index is -0.428. The van der Waals surface area contributed by atoms with Crippen LogP contribution in [0.25, 0.3) is 0 Å². The SMILES string of the molecule is COc1ccc(C(CNCc2cc(F)ccc2F)N2CCOCC2)cc1. The highest BCUT2D eigenvalue weighted by Crippen LogP contribution is 2.24. The van der Waals surface area contributed by atoms with Crippen LogP contribution in [-0.4, -0.2) is 44.9 Å². The first-order valence-electron chi connectivity index (χ1n) is 8.78. The predicted octanol–water partition coefficient (Wildman–Crippen LogP) is 3.14. The van der Waals surface area contributed by atoms with E-state index >= 15 is 0 Å². The number of hydrogen-bond acceptors (Lipinski definition) is 4. The number of nitrogens with one attached hydrogen (secondary N) is 1. The van der Waals surface area contributed by atoms with Crippen LogP contribution in [0, 0.1) is 11.6 Å². The molecule has 0 amide bonds. The number of ether oxygens (including phenoxy) is 2. The topological polar surface area (TPSA) is 33.7 Å². The van der Waals surface area contributed by atoms with Crippen molar-refractivity contribution in [1.29, 1.82) is 0 Å². The minimum Gasteiger partial charge on any atom is -0.497 e. The first-order valence-corrected chi connectivity index (χ1v) is 8.78. The van der Waals surface area contributed by atoms with E-state index in [1.807, 2.05) is 24.3 Å². The lowest BCUT2D eigenvalue weighted by Crippen LogP contribution is -2.42. The maximum absolute atomic E-state index is 13.8. The van der Waals surface area contributed by atoms with Gasteiger partial charge in [-0.15, -0.1) is 0 Å². The van der Waals surface area contributed by atoms with E-state index in [1.54, 1.807) is 7.11 Å². The lowest BCUT2D eigenvalue weighted by molar-refractivity contribution is 0.0161. The molecule has 1 unspecified atom stereocenters. The van der Waals surface area contributed by atoms with Gasteiger partial charge in [0.05, 0.1) is 20.3 Å². The standard InChI is InChI=1S/C20H24F2N2O2/c1-25-18-5-2-15(3-6-18)20(24-8-10-26-11-9-24)14-23-13-16-12-17(21)4-7-19(16)22/h2-7,12,20,23H,8-11,13-14H2,1H3. The Kier molecular flexibility index (Phi) is 6.55. The summed E-state index contributed by atoms with van der Waals surface area (Å²) in [4.78, 5) is 2.35. The number of benzene rings is 2. The van der Waals surface area contributed by atoms with Crippen molar-refractivity contribution in [3.05, 3.63) is 65.2 Å². The van der Waals surface area contributed by atoms with E-state index in [0.29, 0.717) is 25.3 Å². The second kappa shape index (κ2) is 9.07. The van der Waals surface area contributed by atoms with Crippen LogP contribution in [0.15, 0.2) is 42.5 Å². The van der Waals surface area contributed by atoms with E-state index in [2.05, 4.69) is 10.2 Å². The van der Waals surface area contributed by atoms with Gasteiger partial charge in [0.2, 0.25) is 0 Å². The molecule has 1 N–H and O–H groups in total. The molecule has 1 saturated heterocycles. The van der Waals surface area contributed by atoms with Gasteiger partial charge in [-0.3, -0.25) is 4.90 Å². The van der Waals surface area contributed by atoms with Gasteiger partial charge in [0.25, 0.3) is 0 Å². The minimum absolute atomic E-state index is 0.126. The van der Waals surface area contributed by atoms with Gasteiger partial charge in [-0.05, 0) is 35.9 Å². The molecule has 0 spiro atoms. The predicted molar refractivity (Wildman–Crippen MR) is 96.2 cm³/mol. The van der Waals surface area contributed by atoms with E-state index in [9.17, 15) is 8.78 Å². The highest BCUT2D eigenvalue weighted by molar-refractivity contribution is 5.29. The molecule has 140 valence electrons. The van der Waals surface area contributed by atoms with Gasteiger partial charge in [0.15, 0.2) is 0 Å². The van der Waals surface area contributed by atoms with Crippen LogP contribution in [0.1, 0.15) is 17.2 Å². The summed E-state index contributed by atoms with van der Waals surface area (Å²) in [5.41, 5.74) is 1.49. The molecule has 0 bridgehead atoms. The Morgan fingerprint density at radius 3 is 2.54 bits per heavy atom. The van der Waals surface area contributed by atoms with Crippen molar-refractivity contribution in [2.45, 2.75) is 12.6 Å². The van der Waals surface area contributed by atoms with Crippen LogP contribution in [0.3, 0.4) is 0 Å². The Balaban J connectivity index is 1.69. The molecule has 3 rings (SSSR count). The third kappa shape index (κ3) is 4.78. The van der Waals surface area contributed by atoms with E-state index < -0.39 is 11.6 Å². The van der Waals surface area contributed by atoms with Gasteiger partial charge in [-0.1, -0.05) is 12.1 Å². The molecule has 0 aromatic heterocycles. The monoisotopic (exact) mass is 362 g/mol. The molecule has 1 aliphatic rings. The number of rotatable bonds is 7. The Labute approximate surface area is 152 Å². The molecular weight excluding hydrogens is 338 g/mol. The number of halogens is 2. The van der Waals surface area contributed by atoms with E-state index in [1.165, 1.54) is 6.07 Å². The quantitative estimate of drug-likeness (QED) is 0.821. The van der Waals surface area contributed by atoms with Crippen LogP contribution in [0.5, 0.6) is 5.75 Å². The molecular formula is C20H24F2N2O2. The largest absolute Gasteiger partial charge is 0.497 e. The summed E-state index contributed by atoms with van der Waals surface area (Å²) in [5.74, 6) is -0.0152. The summed E-state index contributed by atoms with van der Waals surface area (Å²) < 4.78 is 37.8. The van der Waals surface area contributed by atoms with Gasteiger partial charge in [0.1, 0.15) is 17.4 Å². The van der Waals surface area contributed by atoms with Gasteiger partial charge in [0, 0.05) is 37.8 Å². The number of methoxy groups -OCH3 is 1. The molecule has 1 aliphatic heterocycles. The molecule has 6 heteroatoms. The molecule has 1 heterocycles. The summed E-state index contributed by atoms with van der Waals surface area (Å²) >= 11 is 0. The molecule has 4 nitrogen and oxygen atoms in total. The zero-order valence-corrected chi connectivity index (χ0v) is 14.9. The zero-order chi connectivity index (χ0) is 18.4. The Bertz CT molecular complexity index is 703. The first-order chi connectivity index (χ1) is 12.7. The fourth-order valence-corrected chi connectivity index (χ4v) is 3.20. The zero-order valence-electron chi connectivity index (χ0n) is 14.9. The van der Waals surface area contributed by atoms with E-state index in [0.717, 1.165) is 36.5 Å². The Hall–Kier alpha value is -2.02. The van der Waals surface area contributed by atoms with Gasteiger partial charge in [-0.2, -0.15) is 0 Å². The van der Waals surface area contributed by atoms with Crippen LogP contribution >= 0.6 is 0 Å². The van der Waals surface area contributed by atoms with Crippen molar-refractivity contribution in [3.63, 3.8) is 0 Å².